The monoisotopic (exact) mass is 1050 g/mol. The second-order valence-corrected chi connectivity index (χ2v) is 28.9. The number of fused-ring (bicyclic) bond motifs is 15. The van der Waals surface area contributed by atoms with E-state index < -0.39 is 0 Å². The predicted molar refractivity (Wildman–Crippen MR) is 336 cm³/mol. The SMILES string of the molecule is CC(C)(C)c1ccc(N2c3cc4oc5cc6ccccc6cc5c4cc3B3c4c(cc5c(oc6ccccc65)c42)-c2cc(C45CC6CC(CC(C6)C4)C5)cc4c5cc(C67CC8CC(CC(C8)C6)C7)ccc5n3c24)c(-c2ccccc2)c1. The Bertz CT molecular complexity index is 4720. The standard InChI is InChI=1S/C76H65BN2O2/c1-74(2,3)51-17-19-64(55(29-51)48-11-5-4-6-12-48)78-66-35-69-58(57-27-49-13-7-8-14-50(49)28-68(57)80-69)34-63(66)77-70-59(33-62-54-15-9-10-16-67(54)81-73(62)72(70)78)61-32-53(76-39-45-24-46(40-76)26-47(25-45)41-76)31-60-56-30-52(18-20-65(56)79(77)71(60)61)75-36-42-21-43(37-75)23-44(22-42)38-75/h4-20,27-35,42-47H,21-26,36-41H2,1-3H3. The summed E-state index contributed by atoms with van der Waals surface area (Å²) in [6, 6.07) is 61.8. The smallest absolute Gasteiger partial charge is 0.333 e. The molecular formula is C76H65BN2O2. The molecule has 12 aromatic rings. The Kier molecular flexibility index (Phi) is 8.55. The van der Waals surface area contributed by atoms with Gasteiger partial charge in [0.25, 0.3) is 0 Å². The fourth-order valence-corrected chi connectivity index (χ4v) is 20.6. The lowest BCUT2D eigenvalue weighted by Crippen LogP contribution is -2.56. The van der Waals surface area contributed by atoms with Gasteiger partial charge in [0.1, 0.15) is 16.7 Å². The van der Waals surface area contributed by atoms with Crippen molar-refractivity contribution in [3.63, 3.8) is 0 Å². The molecule has 3 aromatic heterocycles. The van der Waals surface area contributed by atoms with Gasteiger partial charge in [0.15, 0.2) is 5.58 Å². The van der Waals surface area contributed by atoms with Gasteiger partial charge in [-0.15, -0.1) is 0 Å². The molecule has 0 unspecified atom stereocenters. The van der Waals surface area contributed by atoms with Crippen molar-refractivity contribution in [2.75, 3.05) is 4.90 Å². The summed E-state index contributed by atoms with van der Waals surface area (Å²) in [5.74, 6) is 5.19. The number of aromatic nitrogens is 1. The van der Waals surface area contributed by atoms with E-state index in [1.54, 1.807) is 11.1 Å². The molecular weight excluding hydrogens is 984 g/mol. The molecule has 394 valence electrons. The van der Waals surface area contributed by atoms with Crippen molar-refractivity contribution >= 4 is 111 Å². The van der Waals surface area contributed by atoms with Crippen LogP contribution < -0.4 is 15.8 Å². The molecule has 5 heteroatoms. The first-order valence-corrected chi connectivity index (χ1v) is 31.1. The summed E-state index contributed by atoms with van der Waals surface area (Å²) in [4.78, 5) is 2.63. The number of para-hydroxylation sites is 1. The largest absolute Gasteiger partial charge is 0.456 e. The van der Waals surface area contributed by atoms with Crippen LogP contribution >= 0.6 is 0 Å². The summed E-state index contributed by atoms with van der Waals surface area (Å²) in [6.45, 7) is 6.86. The van der Waals surface area contributed by atoms with Crippen molar-refractivity contribution in [1.82, 2.24) is 4.48 Å². The Morgan fingerprint density at radius 1 is 0.457 bits per heavy atom. The lowest BCUT2D eigenvalue weighted by atomic mass is 9.44. The first kappa shape index (κ1) is 45.2. The highest BCUT2D eigenvalue weighted by Gasteiger charge is 2.54. The summed E-state index contributed by atoms with van der Waals surface area (Å²) >= 11 is 0. The third-order valence-electron chi connectivity index (χ3n) is 23.1. The van der Waals surface area contributed by atoms with Crippen LogP contribution in [0.5, 0.6) is 0 Å². The normalized spacial score (nSPS) is 26.7. The average molecular weight is 1050 g/mol. The van der Waals surface area contributed by atoms with Gasteiger partial charge in [-0.3, -0.25) is 0 Å². The van der Waals surface area contributed by atoms with Crippen molar-refractivity contribution in [1.29, 1.82) is 0 Å². The summed E-state index contributed by atoms with van der Waals surface area (Å²) in [5.41, 5.74) is 22.6. The van der Waals surface area contributed by atoms with Crippen molar-refractivity contribution in [2.45, 2.75) is 114 Å². The quantitative estimate of drug-likeness (QED) is 0.165. The molecule has 8 fully saturated rings. The van der Waals surface area contributed by atoms with Gasteiger partial charge in [0.2, 0.25) is 0 Å². The molecule has 8 bridgehead atoms. The minimum Gasteiger partial charge on any atom is -0.456 e. The highest BCUT2D eigenvalue weighted by molar-refractivity contribution is 6.90. The minimum absolute atomic E-state index is 0.0661. The molecule has 0 N–H and O–H groups in total. The van der Waals surface area contributed by atoms with Crippen molar-refractivity contribution in [3.05, 3.63) is 174 Å². The van der Waals surface area contributed by atoms with E-state index in [4.69, 9.17) is 8.83 Å². The average Bonchev–Trinajstić information content (AvgIpc) is 2.04. The van der Waals surface area contributed by atoms with Gasteiger partial charge in [-0.05, 0) is 239 Å². The molecule has 0 spiro atoms. The van der Waals surface area contributed by atoms with Crippen LogP contribution in [0.1, 0.15) is 115 Å². The molecule has 0 radical (unpaired) electrons. The molecule has 4 nitrogen and oxygen atoms in total. The van der Waals surface area contributed by atoms with Crippen LogP contribution in [-0.2, 0) is 16.2 Å². The lowest BCUT2D eigenvalue weighted by molar-refractivity contribution is -0.00527. The zero-order valence-corrected chi connectivity index (χ0v) is 46.7. The Balaban J connectivity index is 0.948. The van der Waals surface area contributed by atoms with E-state index in [9.17, 15) is 0 Å². The number of hydrogen-bond acceptors (Lipinski definition) is 3. The molecule has 22 rings (SSSR count). The molecule has 81 heavy (non-hydrogen) atoms. The Labute approximate surface area is 473 Å². The van der Waals surface area contributed by atoms with Crippen LogP contribution in [0, 0.1) is 35.5 Å². The summed E-state index contributed by atoms with van der Waals surface area (Å²) < 4.78 is 17.5. The van der Waals surface area contributed by atoms with Gasteiger partial charge in [-0.1, -0.05) is 112 Å². The molecule has 0 amide bonds. The number of hydrogen-bond donors (Lipinski definition) is 0. The number of benzene rings is 9. The molecule has 8 saturated carbocycles. The first-order chi connectivity index (χ1) is 39.6. The second kappa shape index (κ2) is 15.3. The van der Waals surface area contributed by atoms with E-state index in [0.29, 0.717) is 0 Å². The number of furan rings is 2. The van der Waals surface area contributed by atoms with Crippen LogP contribution in [0.2, 0.25) is 0 Å². The molecule has 0 saturated heterocycles. The predicted octanol–water partition coefficient (Wildman–Crippen LogP) is 19.1. The van der Waals surface area contributed by atoms with Crippen LogP contribution in [-0.4, -0.2) is 11.3 Å². The maximum absolute atomic E-state index is 7.47. The summed E-state index contributed by atoms with van der Waals surface area (Å²) in [6.07, 6.45) is 16.8. The fraction of sp³-hybridized carbons (Fsp3) is 0.316. The zero-order valence-electron chi connectivity index (χ0n) is 46.7. The van der Waals surface area contributed by atoms with E-state index >= 15 is 0 Å². The topological polar surface area (TPSA) is 34.5 Å². The van der Waals surface area contributed by atoms with E-state index in [2.05, 4.69) is 188 Å². The highest BCUT2D eigenvalue weighted by Crippen LogP contribution is 2.64. The Morgan fingerprint density at radius 3 is 1.80 bits per heavy atom. The van der Waals surface area contributed by atoms with Crippen molar-refractivity contribution < 1.29 is 8.83 Å². The first-order valence-electron chi connectivity index (χ1n) is 31.1. The third-order valence-corrected chi connectivity index (χ3v) is 23.1. The van der Waals surface area contributed by atoms with Crippen LogP contribution in [0.25, 0.3) is 98.7 Å². The van der Waals surface area contributed by atoms with Crippen molar-refractivity contribution in [3.8, 4) is 22.3 Å². The molecule has 5 heterocycles. The molecule has 0 atom stereocenters. The van der Waals surface area contributed by atoms with Gasteiger partial charge in [0.05, 0.1) is 11.4 Å². The van der Waals surface area contributed by atoms with E-state index in [-0.39, 0.29) is 23.1 Å². The maximum Gasteiger partial charge on any atom is 0.333 e. The van der Waals surface area contributed by atoms with E-state index in [1.807, 2.05) is 0 Å². The minimum atomic E-state index is -0.161. The van der Waals surface area contributed by atoms with Crippen LogP contribution in [0.4, 0.5) is 17.1 Å². The Hall–Kier alpha value is -7.50. The Morgan fingerprint density at radius 2 is 1.09 bits per heavy atom. The fourth-order valence-electron chi connectivity index (χ4n) is 20.6. The second-order valence-electron chi connectivity index (χ2n) is 28.9. The molecule has 8 aliphatic carbocycles. The van der Waals surface area contributed by atoms with Gasteiger partial charge >= 0.3 is 6.85 Å². The summed E-state index contributed by atoms with van der Waals surface area (Å²) in [5, 5.41) is 10.0. The number of nitrogens with zero attached hydrogens (tertiary/aromatic N) is 2. The van der Waals surface area contributed by atoms with Gasteiger partial charge in [0, 0.05) is 66.2 Å². The number of anilines is 3. The third kappa shape index (κ3) is 6.03. The maximum atomic E-state index is 7.47. The molecule has 2 aliphatic heterocycles. The molecule has 9 aromatic carbocycles. The van der Waals surface area contributed by atoms with Gasteiger partial charge in [-0.2, -0.15) is 0 Å². The number of rotatable bonds is 4. The van der Waals surface area contributed by atoms with E-state index in [0.717, 1.165) is 85.7 Å². The van der Waals surface area contributed by atoms with E-state index in [1.165, 1.54) is 159 Å². The lowest BCUT2D eigenvalue weighted by Gasteiger charge is -2.57. The van der Waals surface area contributed by atoms with Crippen molar-refractivity contribution in [2.24, 2.45) is 35.5 Å². The zero-order chi connectivity index (χ0) is 53.0. The summed E-state index contributed by atoms with van der Waals surface area (Å²) in [7, 11) is 0. The van der Waals surface area contributed by atoms with Gasteiger partial charge < -0.3 is 18.2 Å². The van der Waals surface area contributed by atoms with Crippen LogP contribution in [0.15, 0.2) is 167 Å². The van der Waals surface area contributed by atoms with Gasteiger partial charge in [-0.25, -0.2) is 0 Å². The van der Waals surface area contributed by atoms with Crippen LogP contribution in [0.3, 0.4) is 0 Å². The molecule has 10 aliphatic rings. The highest BCUT2D eigenvalue weighted by atomic mass is 16.3.